The molecule has 1 aliphatic rings. The number of rotatable bonds is 6. The van der Waals surface area contributed by atoms with Crippen LogP contribution in [0.25, 0.3) is 11.3 Å². The summed E-state index contributed by atoms with van der Waals surface area (Å²) in [6.45, 7) is 1.88. The van der Waals surface area contributed by atoms with Gasteiger partial charge < -0.3 is 15.6 Å². The molecule has 1 atom stereocenters. The van der Waals surface area contributed by atoms with Crippen LogP contribution in [-0.2, 0) is 4.79 Å². The fraction of sp³-hybridized carbons (Fsp3) is 0.227. The largest absolute Gasteiger partial charge is 0.342 e. The summed E-state index contributed by atoms with van der Waals surface area (Å²) < 4.78 is 0. The summed E-state index contributed by atoms with van der Waals surface area (Å²) in [7, 11) is 0. The highest BCUT2D eigenvalue weighted by atomic mass is 16.2. The predicted molar refractivity (Wildman–Crippen MR) is 108 cm³/mol. The molecule has 3 N–H and O–H groups in total. The maximum atomic E-state index is 12.5. The lowest BCUT2D eigenvalue weighted by molar-refractivity contribution is -0.117. The van der Waals surface area contributed by atoms with Gasteiger partial charge in [0.15, 0.2) is 0 Å². The first-order chi connectivity index (χ1) is 13.6. The highest BCUT2D eigenvalue weighted by Crippen LogP contribution is 2.30. The molecule has 0 radical (unpaired) electrons. The number of nitrogens with one attached hydrogen (secondary N) is 3. The van der Waals surface area contributed by atoms with E-state index in [-0.39, 0.29) is 23.8 Å². The van der Waals surface area contributed by atoms with Gasteiger partial charge in [-0.15, -0.1) is 0 Å². The van der Waals surface area contributed by atoms with Crippen molar-refractivity contribution in [3.05, 3.63) is 72.2 Å². The van der Waals surface area contributed by atoms with Crippen molar-refractivity contribution in [2.24, 2.45) is 5.92 Å². The van der Waals surface area contributed by atoms with Gasteiger partial charge in [0.05, 0.1) is 17.9 Å². The number of H-pyrrole nitrogens is 1. The maximum absolute atomic E-state index is 12.5. The Morgan fingerprint density at radius 3 is 2.46 bits per heavy atom. The van der Waals surface area contributed by atoms with E-state index in [4.69, 9.17) is 0 Å². The number of aromatic amines is 1. The van der Waals surface area contributed by atoms with Gasteiger partial charge in [0.1, 0.15) is 5.82 Å². The fourth-order valence-electron chi connectivity index (χ4n) is 2.96. The van der Waals surface area contributed by atoms with Crippen molar-refractivity contribution in [1.82, 2.24) is 15.3 Å². The minimum atomic E-state index is -0.265. The Balaban J connectivity index is 1.37. The lowest BCUT2D eigenvalue weighted by Crippen LogP contribution is -2.27. The van der Waals surface area contributed by atoms with Crippen LogP contribution in [0.5, 0.6) is 0 Å². The number of hydrogen-bond donors (Lipinski definition) is 3. The Bertz CT molecular complexity index is 975. The molecule has 6 nitrogen and oxygen atoms in total. The van der Waals surface area contributed by atoms with Gasteiger partial charge in [-0.3, -0.25) is 9.59 Å². The molecule has 3 aromatic rings. The molecule has 1 saturated carbocycles. The summed E-state index contributed by atoms with van der Waals surface area (Å²) in [5.74, 6) is 0.710. The number of benzene rings is 2. The lowest BCUT2D eigenvalue weighted by Gasteiger charge is -2.12. The number of hydrogen-bond acceptors (Lipinski definition) is 3. The van der Waals surface area contributed by atoms with E-state index in [2.05, 4.69) is 20.6 Å². The van der Waals surface area contributed by atoms with Gasteiger partial charge in [-0.1, -0.05) is 30.3 Å². The standard InChI is InChI=1S/C22H22N4O2/c1-14(20-23-13-19(26-20)15-5-3-2-4-6-15)24-21(27)17-9-11-18(12-10-17)25-22(28)16-7-8-16/h2-6,9-14,16H,7-8H2,1H3,(H,23,26)(H,24,27)(H,25,28). The summed E-state index contributed by atoms with van der Waals surface area (Å²) in [6, 6.07) is 16.6. The first-order valence-corrected chi connectivity index (χ1v) is 9.42. The van der Waals surface area contributed by atoms with Crippen LogP contribution < -0.4 is 10.6 Å². The molecule has 1 heterocycles. The van der Waals surface area contributed by atoms with Crippen molar-refractivity contribution in [2.75, 3.05) is 5.32 Å². The second kappa shape index (κ2) is 7.68. The summed E-state index contributed by atoms with van der Waals surface area (Å²) >= 11 is 0. The summed E-state index contributed by atoms with van der Waals surface area (Å²) in [5, 5.41) is 5.81. The predicted octanol–water partition coefficient (Wildman–Crippen LogP) is 3.92. The Labute approximate surface area is 163 Å². The van der Waals surface area contributed by atoms with Crippen LogP contribution in [0.3, 0.4) is 0 Å². The normalized spacial score (nSPS) is 14.3. The van der Waals surface area contributed by atoms with Gasteiger partial charge in [0.25, 0.3) is 5.91 Å². The third-order valence-electron chi connectivity index (χ3n) is 4.80. The molecule has 0 bridgehead atoms. The Hall–Kier alpha value is -3.41. The zero-order valence-electron chi connectivity index (χ0n) is 15.6. The maximum Gasteiger partial charge on any atom is 0.251 e. The van der Waals surface area contributed by atoms with Crippen LogP contribution in [-0.4, -0.2) is 21.8 Å². The second-order valence-electron chi connectivity index (χ2n) is 7.08. The van der Waals surface area contributed by atoms with Gasteiger partial charge in [0.2, 0.25) is 5.91 Å². The Morgan fingerprint density at radius 2 is 1.79 bits per heavy atom. The van der Waals surface area contributed by atoms with Crippen molar-refractivity contribution in [3.8, 4) is 11.3 Å². The first-order valence-electron chi connectivity index (χ1n) is 9.42. The lowest BCUT2D eigenvalue weighted by atomic mass is 10.1. The first kappa shape index (κ1) is 18.0. The molecule has 1 unspecified atom stereocenters. The van der Waals surface area contributed by atoms with Crippen molar-refractivity contribution in [2.45, 2.75) is 25.8 Å². The summed E-state index contributed by atoms with van der Waals surface area (Å²) in [5.41, 5.74) is 3.20. The van der Waals surface area contributed by atoms with Crippen molar-refractivity contribution in [3.63, 3.8) is 0 Å². The number of anilines is 1. The molecular formula is C22H22N4O2. The SMILES string of the molecule is CC(NC(=O)c1ccc(NC(=O)C2CC2)cc1)c1ncc(-c2ccccc2)[nH]1. The molecule has 1 aliphatic carbocycles. The molecular weight excluding hydrogens is 352 g/mol. The highest BCUT2D eigenvalue weighted by molar-refractivity contribution is 5.96. The van der Waals surface area contributed by atoms with E-state index in [1.165, 1.54) is 0 Å². The van der Waals surface area contributed by atoms with E-state index in [9.17, 15) is 9.59 Å². The molecule has 142 valence electrons. The van der Waals surface area contributed by atoms with Crippen molar-refractivity contribution < 1.29 is 9.59 Å². The molecule has 2 aromatic carbocycles. The van der Waals surface area contributed by atoms with Crippen LogP contribution in [0, 0.1) is 5.92 Å². The Morgan fingerprint density at radius 1 is 1.07 bits per heavy atom. The monoisotopic (exact) mass is 374 g/mol. The zero-order valence-corrected chi connectivity index (χ0v) is 15.6. The molecule has 1 fully saturated rings. The number of carbonyl (C=O) groups is 2. The smallest absolute Gasteiger partial charge is 0.251 e. The average molecular weight is 374 g/mol. The van der Waals surface area contributed by atoms with Crippen molar-refractivity contribution in [1.29, 1.82) is 0 Å². The number of nitrogens with zero attached hydrogens (tertiary/aromatic N) is 1. The molecule has 0 saturated heterocycles. The number of imidazole rings is 1. The zero-order chi connectivity index (χ0) is 19.5. The number of aromatic nitrogens is 2. The Kier molecular flexibility index (Phi) is 4.93. The van der Waals surface area contributed by atoms with Gasteiger partial charge in [-0.05, 0) is 49.6 Å². The van der Waals surface area contributed by atoms with Gasteiger partial charge >= 0.3 is 0 Å². The van der Waals surface area contributed by atoms with Gasteiger partial charge in [0, 0.05) is 17.2 Å². The number of amides is 2. The van der Waals surface area contributed by atoms with Crippen LogP contribution in [0.1, 0.15) is 42.0 Å². The van der Waals surface area contributed by atoms with Gasteiger partial charge in [-0.25, -0.2) is 4.98 Å². The van der Waals surface area contributed by atoms with E-state index in [1.807, 2.05) is 37.3 Å². The van der Waals surface area contributed by atoms with Crippen LogP contribution in [0.2, 0.25) is 0 Å². The third kappa shape index (κ3) is 4.11. The molecule has 0 aliphatic heterocycles. The molecule has 6 heteroatoms. The minimum absolute atomic E-state index is 0.0536. The molecule has 28 heavy (non-hydrogen) atoms. The second-order valence-corrected chi connectivity index (χ2v) is 7.08. The fourth-order valence-corrected chi connectivity index (χ4v) is 2.96. The average Bonchev–Trinajstić information content (AvgIpc) is 3.45. The van der Waals surface area contributed by atoms with Crippen LogP contribution in [0.4, 0.5) is 5.69 Å². The summed E-state index contributed by atoms with van der Waals surface area (Å²) in [4.78, 5) is 32.0. The van der Waals surface area contributed by atoms with E-state index in [1.54, 1.807) is 30.5 Å². The van der Waals surface area contributed by atoms with Crippen LogP contribution >= 0.6 is 0 Å². The highest BCUT2D eigenvalue weighted by Gasteiger charge is 2.29. The molecule has 1 aromatic heterocycles. The third-order valence-corrected chi connectivity index (χ3v) is 4.80. The number of carbonyl (C=O) groups excluding carboxylic acids is 2. The molecule has 4 rings (SSSR count). The quantitative estimate of drug-likeness (QED) is 0.611. The van der Waals surface area contributed by atoms with Crippen LogP contribution in [0.15, 0.2) is 60.8 Å². The van der Waals surface area contributed by atoms with Gasteiger partial charge in [-0.2, -0.15) is 0 Å². The van der Waals surface area contributed by atoms with E-state index in [0.29, 0.717) is 17.1 Å². The van der Waals surface area contributed by atoms with E-state index < -0.39 is 0 Å². The molecule has 2 amide bonds. The topological polar surface area (TPSA) is 86.9 Å². The summed E-state index contributed by atoms with van der Waals surface area (Å²) in [6.07, 6.45) is 3.69. The van der Waals surface area contributed by atoms with E-state index >= 15 is 0 Å². The minimum Gasteiger partial charge on any atom is -0.342 e. The molecule has 0 spiro atoms. The van der Waals surface area contributed by atoms with Crippen molar-refractivity contribution >= 4 is 17.5 Å². The van der Waals surface area contributed by atoms with E-state index in [0.717, 1.165) is 24.1 Å².